The lowest BCUT2D eigenvalue weighted by molar-refractivity contribution is -0.134. The van der Waals surface area contributed by atoms with Gasteiger partial charge in [0.25, 0.3) is 0 Å². The maximum absolute atomic E-state index is 9.55. The highest BCUT2D eigenvalue weighted by Crippen LogP contribution is 2.55. The summed E-state index contributed by atoms with van der Waals surface area (Å²) in [5.74, 6) is -0.603. The summed E-state index contributed by atoms with van der Waals surface area (Å²) in [4.78, 5) is 21.7. The van der Waals surface area contributed by atoms with Crippen LogP contribution in [-0.4, -0.2) is 53.8 Å². The SMILES string of the molecule is COc1ccc2c(c1)[C@]13CCCC[C@@H]1[C@H](C2)N(C)CC3.O=C(O)/C=C\C(=O)O. The summed E-state index contributed by atoms with van der Waals surface area (Å²) in [7, 11) is 4.12. The van der Waals surface area contributed by atoms with Crippen LogP contribution in [0.5, 0.6) is 5.75 Å². The molecule has 6 heteroatoms. The van der Waals surface area contributed by atoms with Gasteiger partial charge in [0, 0.05) is 23.6 Å². The van der Waals surface area contributed by atoms with Gasteiger partial charge in [0.2, 0.25) is 0 Å². The molecular formula is C22H29NO5. The van der Waals surface area contributed by atoms with Gasteiger partial charge in [-0.15, -0.1) is 0 Å². The van der Waals surface area contributed by atoms with Gasteiger partial charge in [-0.2, -0.15) is 0 Å². The lowest BCUT2D eigenvalue weighted by Crippen LogP contribution is -2.59. The van der Waals surface area contributed by atoms with Crippen LogP contribution in [0.4, 0.5) is 0 Å². The first-order chi connectivity index (χ1) is 13.4. The first-order valence-corrected chi connectivity index (χ1v) is 9.89. The minimum atomic E-state index is -1.26. The zero-order valence-electron chi connectivity index (χ0n) is 16.6. The van der Waals surface area contributed by atoms with Crippen molar-refractivity contribution in [2.24, 2.45) is 5.92 Å². The van der Waals surface area contributed by atoms with Gasteiger partial charge in [0.15, 0.2) is 0 Å². The van der Waals surface area contributed by atoms with Crippen LogP contribution in [0, 0.1) is 5.92 Å². The molecule has 0 unspecified atom stereocenters. The molecular weight excluding hydrogens is 358 g/mol. The number of carbonyl (C=O) groups is 2. The van der Waals surface area contributed by atoms with E-state index in [2.05, 4.69) is 30.1 Å². The second-order valence-electron chi connectivity index (χ2n) is 8.04. The maximum atomic E-state index is 9.55. The van der Waals surface area contributed by atoms with Gasteiger partial charge < -0.3 is 19.8 Å². The summed E-state index contributed by atoms with van der Waals surface area (Å²) >= 11 is 0. The van der Waals surface area contributed by atoms with Crippen molar-refractivity contribution < 1.29 is 24.5 Å². The molecule has 2 aliphatic carbocycles. The number of hydrogen-bond donors (Lipinski definition) is 2. The third-order valence-corrected chi connectivity index (χ3v) is 6.69. The smallest absolute Gasteiger partial charge is 0.328 e. The Labute approximate surface area is 165 Å². The standard InChI is InChI=1S/C18H25NO.C4H4O4/c1-19-10-9-18-8-4-3-5-15(18)17(19)11-13-6-7-14(20-2)12-16(13)18;5-3(6)1-2-4(7)8/h6-7,12,15,17H,3-5,8-11H2,1-2H3;1-2H,(H,5,6)(H,7,8)/b;2-1-/t15-,17+,18+;/m1./s1. The first kappa shape index (κ1) is 20.4. The Morgan fingerprint density at radius 3 is 2.54 bits per heavy atom. The van der Waals surface area contributed by atoms with Gasteiger partial charge >= 0.3 is 11.9 Å². The van der Waals surface area contributed by atoms with Crippen LogP contribution in [0.2, 0.25) is 0 Å². The second-order valence-corrected chi connectivity index (χ2v) is 8.04. The summed E-state index contributed by atoms with van der Waals surface area (Å²) in [6.45, 7) is 1.26. The van der Waals surface area contributed by atoms with E-state index in [9.17, 15) is 9.59 Å². The lowest BCUT2D eigenvalue weighted by atomic mass is 9.52. The fourth-order valence-corrected chi connectivity index (χ4v) is 5.45. The van der Waals surface area contributed by atoms with E-state index in [1.807, 2.05) is 0 Å². The van der Waals surface area contributed by atoms with Gasteiger partial charge in [-0.05, 0) is 68.5 Å². The molecule has 1 aliphatic heterocycles. The molecule has 2 N–H and O–H groups in total. The number of nitrogens with zero attached hydrogens (tertiary/aromatic N) is 1. The van der Waals surface area contributed by atoms with E-state index >= 15 is 0 Å². The van der Waals surface area contributed by atoms with Crippen LogP contribution in [0.1, 0.15) is 43.2 Å². The number of piperidine rings is 1. The van der Waals surface area contributed by atoms with Gasteiger partial charge in [-0.3, -0.25) is 0 Å². The molecule has 4 rings (SSSR count). The van der Waals surface area contributed by atoms with Crippen molar-refractivity contribution >= 4 is 11.9 Å². The van der Waals surface area contributed by atoms with Crippen molar-refractivity contribution in [1.82, 2.24) is 4.90 Å². The Hall–Kier alpha value is -2.34. The van der Waals surface area contributed by atoms with E-state index < -0.39 is 11.9 Å². The van der Waals surface area contributed by atoms with Crippen molar-refractivity contribution in [1.29, 1.82) is 0 Å². The highest BCUT2D eigenvalue weighted by Gasteiger charge is 2.53. The monoisotopic (exact) mass is 387 g/mol. The summed E-state index contributed by atoms with van der Waals surface area (Å²) in [6, 6.07) is 7.60. The molecule has 1 saturated carbocycles. The highest BCUT2D eigenvalue weighted by molar-refractivity contribution is 5.89. The Kier molecular flexibility index (Phi) is 6.08. The van der Waals surface area contributed by atoms with E-state index in [0.29, 0.717) is 17.6 Å². The molecule has 1 aromatic carbocycles. The molecule has 152 valence electrons. The molecule has 6 nitrogen and oxygen atoms in total. The van der Waals surface area contributed by atoms with Crippen LogP contribution in [0.15, 0.2) is 30.4 Å². The Balaban J connectivity index is 0.000000242. The second kappa shape index (κ2) is 8.35. The predicted molar refractivity (Wildman–Crippen MR) is 106 cm³/mol. The van der Waals surface area contributed by atoms with E-state index in [1.54, 1.807) is 18.2 Å². The molecule has 0 aromatic heterocycles. The minimum absolute atomic E-state index is 0.456. The lowest BCUT2D eigenvalue weighted by Gasteiger charge is -2.58. The molecule has 2 bridgehead atoms. The topological polar surface area (TPSA) is 87.1 Å². The molecule has 1 saturated heterocycles. The normalized spacial score (nSPS) is 28.5. The first-order valence-electron chi connectivity index (χ1n) is 9.89. The number of fused-ring (bicyclic) bond motifs is 1. The van der Waals surface area contributed by atoms with Gasteiger partial charge in [0.05, 0.1) is 7.11 Å². The summed E-state index contributed by atoms with van der Waals surface area (Å²) in [6.07, 6.45) is 9.34. The number of ether oxygens (including phenoxy) is 1. The molecule has 1 aromatic rings. The Morgan fingerprint density at radius 2 is 1.89 bits per heavy atom. The summed E-state index contributed by atoms with van der Waals surface area (Å²) in [5, 5.41) is 15.6. The number of benzene rings is 1. The Bertz CT molecular complexity index is 758. The molecule has 3 aliphatic rings. The highest BCUT2D eigenvalue weighted by atomic mass is 16.5. The summed E-state index contributed by atoms with van der Waals surface area (Å²) < 4.78 is 5.51. The van der Waals surface area contributed by atoms with Crippen molar-refractivity contribution in [3.63, 3.8) is 0 Å². The zero-order chi connectivity index (χ0) is 20.3. The molecule has 0 radical (unpaired) electrons. The number of likely N-dealkylation sites (N-methyl/N-ethyl adjacent to an activating group) is 1. The van der Waals surface area contributed by atoms with Crippen LogP contribution in [0.3, 0.4) is 0 Å². The fraction of sp³-hybridized carbons (Fsp3) is 0.545. The van der Waals surface area contributed by atoms with E-state index in [4.69, 9.17) is 14.9 Å². The van der Waals surface area contributed by atoms with Crippen LogP contribution in [-0.2, 0) is 21.4 Å². The predicted octanol–water partition coefficient (Wildman–Crippen LogP) is 3.10. The number of hydrogen-bond acceptors (Lipinski definition) is 4. The van der Waals surface area contributed by atoms with Crippen molar-refractivity contribution in [2.75, 3.05) is 20.7 Å². The van der Waals surface area contributed by atoms with Crippen LogP contribution in [0.25, 0.3) is 0 Å². The molecule has 1 heterocycles. The average molecular weight is 387 g/mol. The number of carboxylic acids is 2. The fourth-order valence-electron chi connectivity index (χ4n) is 5.45. The van der Waals surface area contributed by atoms with E-state index in [-0.39, 0.29) is 0 Å². The zero-order valence-corrected chi connectivity index (χ0v) is 16.6. The molecule has 3 atom stereocenters. The number of rotatable bonds is 3. The molecule has 0 spiro atoms. The Morgan fingerprint density at radius 1 is 1.18 bits per heavy atom. The summed E-state index contributed by atoms with van der Waals surface area (Å²) in [5.41, 5.74) is 3.67. The minimum Gasteiger partial charge on any atom is -0.497 e. The molecule has 28 heavy (non-hydrogen) atoms. The largest absolute Gasteiger partial charge is 0.497 e. The van der Waals surface area contributed by atoms with Gasteiger partial charge in [-0.25, -0.2) is 9.59 Å². The number of carboxylic acid groups (broad SMARTS) is 2. The quantitative estimate of drug-likeness (QED) is 0.775. The van der Waals surface area contributed by atoms with Gasteiger partial charge in [0.1, 0.15) is 5.75 Å². The van der Waals surface area contributed by atoms with Crippen LogP contribution < -0.4 is 4.74 Å². The average Bonchev–Trinajstić information content (AvgIpc) is 2.69. The molecule has 0 amide bonds. The van der Waals surface area contributed by atoms with Crippen molar-refractivity contribution in [2.45, 2.75) is 50.0 Å². The van der Waals surface area contributed by atoms with Crippen LogP contribution >= 0.6 is 0 Å². The number of likely N-dealkylation sites (tertiary alicyclic amines) is 1. The molecule has 2 fully saturated rings. The van der Waals surface area contributed by atoms with Crippen molar-refractivity contribution in [3.05, 3.63) is 41.5 Å². The van der Waals surface area contributed by atoms with E-state index in [0.717, 1.165) is 17.7 Å². The third-order valence-electron chi connectivity index (χ3n) is 6.69. The van der Waals surface area contributed by atoms with Crippen molar-refractivity contribution in [3.8, 4) is 5.75 Å². The number of aliphatic carboxylic acids is 2. The van der Waals surface area contributed by atoms with Gasteiger partial charge in [-0.1, -0.05) is 18.9 Å². The maximum Gasteiger partial charge on any atom is 0.328 e. The third kappa shape index (κ3) is 3.92. The number of methoxy groups -OCH3 is 1. The van der Waals surface area contributed by atoms with E-state index in [1.165, 1.54) is 45.1 Å².